The molecule has 0 aliphatic carbocycles. The van der Waals surface area contributed by atoms with Crippen LogP contribution in [0.4, 0.5) is 5.69 Å². The Morgan fingerprint density at radius 3 is 2.25 bits per heavy atom. The van der Waals surface area contributed by atoms with E-state index in [0.29, 0.717) is 26.2 Å². The van der Waals surface area contributed by atoms with Crippen LogP contribution in [-0.4, -0.2) is 44.9 Å². The molecule has 0 N–H and O–H groups in total. The molecular weight excluding hydrogens is 492 g/mol. The molecular formula is C24H23BrN2O4S. The number of hydrogen-bond donors (Lipinski definition) is 0. The smallest absolute Gasteiger partial charge is 0.338 e. The van der Waals surface area contributed by atoms with Crippen molar-refractivity contribution >= 4 is 37.6 Å². The molecule has 0 saturated carbocycles. The zero-order chi connectivity index (χ0) is 22.6. The van der Waals surface area contributed by atoms with Crippen LogP contribution in [0.1, 0.15) is 15.9 Å². The van der Waals surface area contributed by atoms with Crippen LogP contribution in [0.5, 0.6) is 0 Å². The molecule has 8 heteroatoms. The van der Waals surface area contributed by atoms with Crippen molar-refractivity contribution in [3.63, 3.8) is 0 Å². The van der Waals surface area contributed by atoms with Crippen LogP contribution in [0.2, 0.25) is 0 Å². The van der Waals surface area contributed by atoms with Crippen molar-refractivity contribution in [2.24, 2.45) is 0 Å². The van der Waals surface area contributed by atoms with Crippen LogP contribution in [-0.2, 0) is 21.4 Å². The maximum absolute atomic E-state index is 13.2. The Labute approximate surface area is 196 Å². The van der Waals surface area contributed by atoms with Gasteiger partial charge in [-0.3, -0.25) is 0 Å². The predicted molar refractivity (Wildman–Crippen MR) is 127 cm³/mol. The molecule has 0 atom stereocenters. The minimum Gasteiger partial charge on any atom is -0.457 e. The minimum absolute atomic E-state index is 0.101. The van der Waals surface area contributed by atoms with Crippen LogP contribution in [0.15, 0.2) is 88.2 Å². The fourth-order valence-electron chi connectivity index (χ4n) is 3.57. The van der Waals surface area contributed by atoms with Gasteiger partial charge in [-0.05, 0) is 48.0 Å². The maximum Gasteiger partial charge on any atom is 0.338 e. The third-order valence-electron chi connectivity index (χ3n) is 5.35. The molecule has 1 fully saturated rings. The molecule has 4 rings (SSSR count). The molecule has 1 aliphatic rings. The van der Waals surface area contributed by atoms with E-state index < -0.39 is 16.0 Å². The predicted octanol–water partition coefficient (Wildman–Crippen LogP) is 4.32. The Morgan fingerprint density at radius 2 is 1.56 bits per heavy atom. The molecule has 0 radical (unpaired) electrons. The standard InChI is InChI=1S/C24H23BrN2O4S/c25-21-11-9-19(10-12-21)18-31-24(28)20-5-4-8-23(17-20)32(29,30)27-15-13-26(14-16-27)22-6-2-1-3-7-22/h1-12,17H,13-16,18H2. The molecule has 1 saturated heterocycles. The maximum atomic E-state index is 13.2. The second-order valence-electron chi connectivity index (χ2n) is 7.46. The third-order valence-corrected chi connectivity index (χ3v) is 7.77. The molecule has 3 aromatic carbocycles. The van der Waals surface area contributed by atoms with E-state index in [9.17, 15) is 13.2 Å². The van der Waals surface area contributed by atoms with E-state index in [2.05, 4.69) is 20.8 Å². The first-order chi connectivity index (χ1) is 15.4. The van der Waals surface area contributed by atoms with E-state index in [0.717, 1.165) is 15.7 Å². The van der Waals surface area contributed by atoms with Gasteiger partial charge in [0.05, 0.1) is 10.5 Å². The summed E-state index contributed by atoms with van der Waals surface area (Å²) >= 11 is 3.37. The van der Waals surface area contributed by atoms with Crippen molar-refractivity contribution in [3.05, 3.63) is 94.5 Å². The Hall–Kier alpha value is -2.68. The summed E-state index contributed by atoms with van der Waals surface area (Å²) in [5.41, 5.74) is 2.15. The van der Waals surface area contributed by atoms with Gasteiger partial charge in [0.15, 0.2) is 0 Å². The number of ether oxygens (including phenoxy) is 1. The Kier molecular flexibility index (Phi) is 6.93. The van der Waals surface area contributed by atoms with Gasteiger partial charge < -0.3 is 9.64 Å². The number of carbonyl (C=O) groups excluding carboxylic acids is 1. The lowest BCUT2D eigenvalue weighted by Crippen LogP contribution is -2.48. The van der Waals surface area contributed by atoms with Crippen LogP contribution < -0.4 is 4.90 Å². The summed E-state index contributed by atoms with van der Waals surface area (Å²) in [5, 5.41) is 0. The van der Waals surface area contributed by atoms with Crippen molar-refractivity contribution in [2.75, 3.05) is 31.1 Å². The molecule has 0 amide bonds. The number of sulfonamides is 1. The molecule has 0 aromatic heterocycles. The second-order valence-corrected chi connectivity index (χ2v) is 10.3. The molecule has 0 unspecified atom stereocenters. The van der Waals surface area contributed by atoms with Gasteiger partial charge in [-0.15, -0.1) is 0 Å². The second kappa shape index (κ2) is 9.85. The zero-order valence-electron chi connectivity index (χ0n) is 17.4. The van der Waals surface area contributed by atoms with Gasteiger partial charge >= 0.3 is 5.97 Å². The number of para-hydroxylation sites is 1. The third kappa shape index (κ3) is 5.20. The first kappa shape index (κ1) is 22.5. The highest BCUT2D eigenvalue weighted by Crippen LogP contribution is 2.22. The lowest BCUT2D eigenvalue weighted by molar-refractivity contribution is 0.0472. The van der Waals surface area contributed by atoms with Gasteiger partial charge in [-0.2, -0.15) is 4.31 Å². The molecule has 0 bridgehead atoms. The number of anilines is 1. The average Bonchev–Trinajstić information content (AvgIpc) is 2.84. The quantitative estimate of drug-likeness (QED) is 0.458. The number of piperazine rings is 1. The highest BCUT2D eigenvalue weighted by atomic mass is 79.9. The molecule has 3 aromatic rings. The fourth-order valence-corrected chi connectivity index (χ4v) is 5.30. The number of carbonyl (C=O) groups is 1. The van der Waals surface area contributed by atoms with Crippen LogP contribution in [0, 0.1) is 0 Å². The molecule has 1 aliphatic heterocycles. The number of rotatable bonds is 6. The van der Waals surface area contributed by atoms with Gasteiger partial charge in [0.2, 0.25) is 10.0 Å². The highest BCUT2D eigenvalue weighted by molar-refractivity contribution is 9.10. The van der Waals surface area contributed by atoms with E-state index in [1.54, 1.807) is 12.1 Å². The SMILES string of the molecule is O=C(OCc1ccc(Br)cc1)c1cccc(S(=O)(=O)N2CCN(c3ccccc3)CC2)c1. The van der Waals surface area contributed by atoms with E-state index in [-0.39, 0.29) is 17.1 Å². The van der Waals surface area contributed by atoms with Crippen molar-refractivity contribution in [2.45, 2.75) is 11.5 Å². The van der Waals surface area contributed by atoms with Crippen LogP contribution in [0.25, 0.3) is 0 Å². The Balaban J connectivity index is 1.41. The largest absolute Gasteiger partial charge is 0.457 e. The number of esters is 1. The van der Waals surface area contributed by atoms with Gasteiger partial charge in [0, 0.05) is 36.3 Å². The zero-order valence-corrected chi connectivity index (χ0v) is 19.8. The topological polar surface area (TPSA) is 66.9 Å². The normalized spacial score (nSPS) is 14.8. The number of hydrogen-bond acceptors (Lipinski definition) is 5. The number of halogens is 1. The number of nitrogens with zero attached hydrogens (tertiary/aromatic N) is 2. The van der Waals surface area contributed by atoms with E-state index >= 15 is 0 Å². The lowest BCUT2D eigenvalue weighted by atomic mass is 10.2. The van der Waals surface area contributed by atoms with Crippen LogP contribution >= 0.6 is 15.9 Å². The molecule has 6 nitrogen and oxygen atoms in total. The average molecular weight is 515 g/mol. The van der Waals surface area contributed by atoms with Gasteiger partial charge in [-0.25, -0.2) is 13.2 Å². The molecule has 1 heterocycles. The molecule has 166 valence electrons. The molecule has 0 spiro atoms. The minimum atomic E-state index is -3.70. The van der Waals surface area contributed by atoms with Crippen LogP contribution in [0.3, 0.4) is 0 Å². The monoisotopic (exact) mass is 514 g/mol. The number of benzene rings is 3. The summed E-state index contributed by atoms with van der Waals surface area (Å²) in [6.07, 6.45) is 0. The van der Waals surface area contributed by atoms with Crippen molar-refractivity contribution in [1.82, 2.24) is 4.31 Å². The Bertz CT molecular complexity index is 1180. The Morgan fingerprint density at radius 1 is 0.875 bits per heavy atom. The van der Waals surface area contributed by atoms with Gasteiger partial charge in [-0.1, -0.05) is 52.3 Å². The summed E-state index contributed by atoms with van der Waals surface area (Å²) < 4.78 is 34.1. The van der Waals surface area contributed by atoms with Crippen molar-refractivity contribution in [1.29, 1.82) is 0 Å². The first-order valence-corrected chi connectivity index (χ1v) is 12.5. The van der Waals surface area contributed by atoms with Crippen molar-refractivity contribution in [3.8, 4) is 0 Å². The van der Waals surface area contributed by atoms with Gasteiger partial charge in [0.25, 0.3) is 0 Å². The fraction of sp³-hybridized carbons (Fsp3) is 0.208. The summed E-state index contributed by atoms with van der Waals surface area (Å²) in [6.45, 7) is 2.10. The van der Waals surface area contributed by atoms with E-state index in [4.69, 9.17) is 4.74 Å². The summed E-state index contributed by atoms with van der Waals surface area (Å²) in [6, 6.07) is 23.4. The van der Waals surface area contributed by atoms with Gasteiger partial charge in [0.1, 0.15) is 6.61 Å². The molecule has 32 heavy (non-hydrogen) atoms. The van der Waals surface area contributed by atoms with Crippen molar-refractivity contribution < 1.29 is 17.9 Å². The highest BCUT2D eigenvalue weighted by Gasteiger charge is 2.29. The lowest BCUT2D eigenvalue weighted by Gasteiger charge is -2.35. The summed E-state index contributed by atoms with van der Waals surface area (Å²) in [4.78, 5) is 14.8. The summed E-state index contributed by atoms with van der Waals surface area (Å²) in [5.74, 6) is -0.557. The van der Waals surface area contributed by atoms with E-state index in [1.807, 2.05) is 54.6 Å². The van der Waals surface area contributed by atoms with E-state index in [1.165, 1.54) is 16.4 Å². The first-order valence-electron chi connectivity index (χ1n) is 10.3. The summed E-state index contributed by atoms with van der Waals surface area (Å²) in [7, 11) is -3.70.